The zero-order chi connectivity index (χ0) is 22.0. The van der Waals surface area contributed by atoms with Gasteiger partial charge in [0.25, 0.3) is 0 Å². The zero-order valence-electron chi connectivity index (χ0n) is 19.9. The van der Waals surface area contributed by atoms with Crippen LogP contribution < -0.4 is 4.90 Å². The van der Waals surface area contributed by atoms with E-state index in [1.165, 1.54) is 53.7 Å². The molecule has 164 valence electrons. The van der Waals surface area contributed by atoms with Gasteiger partial charge in [0, 0.05) is 24.0 Å². The molecule has 0 amide bonds. The van der Waals surface area contributed by atoms with Gasteiger partial charge in [0.2, 0.25) is 0 Å². The van der Waals surface area contributed by atoms with Crippen LogP contribution >= 0.6 is 0 Å². The standard InChI is InChI=1S/C31H35N/c1-31(2,3)23-12-14-24(15-13-23)32(4)29-11-7-10-27-28-18-20-16-21(19-22(28)17-20)25-8-5-6-9-26(25)30(27)29/h5-15,20-22,28H,16-19H2,1-4H3. The Morgan fingerprint density at radius 1 is 0.750 bits per heavy atom. The van der Waals surface area contributed by atoms with Gasteiger partial charge in [-0.05, 0) is 95.2 Å². The molecule has 3 aliphatic rings. The van der Waals surface area contributed by atoms with E-state index in [-0.39, 0.29) is 5.41 Å². The predicted molar refractivity (Wildman–Crippen MR) is 136 cm³/mol. The van der Waals surface area contributed by atoms with E-state index in [1.807, 2.05) is 0 Å². The Hall–Kier alpha value is -2.54. The van der Waals surface area contributed by atoms with Gasteiger partial charge in [-0.2, -0.15) is 0 Å². The van der Waals surface area contributed by atoms with Gasteiger partial charge in [-0.25, -0.2) is 0 Å². The summed E-state index contributed by atoms with van der Waals surface area (Å²) in [5.41, 5.74) is 10.3. The van der Waals surface area contributed by atoms with Crippen molar-refractivity contribution in [3.63, 3.8) is 0 Å². The number of benzene rings is 3. The van der Waals surface area contributed by atoms with Crippen LogP contribution in [0.2, 0.25) is 0 Å². The van der Waals surface area contributed by atoms with Gasteiger partial charge in [0.15, 0.2) is 0 Å². The van der Waals surface area contributed by atoms with Crippen LogP contribution in [0.15, 0.2) is 66.7 Å². The van der Waals surface area contributed by atoms with E-state index >= 15 is 0 Å². The van der Waals surface area contributed by atoms with E-state index in [9.17, 15) is 0 Å². The van der Waals surface area contributed by atoms with E-state index in [1.54, 1.807) is 11.1 Å². The Morgan fingerprint density at radius 3 is 2.28 bits per heavy atom. The number of fused-ring (bicyclic) bond motifs is 7. The molecule has 0 spiro atoms. The Bertz CT molecular complexity index is 1150. The predicted octanol–water partition coefficient (Wildman–Crippen LogP) is 8.42. The molecule has 0 aliphatic heterocycles. The molecule has 0 radical (unpaired) electrons. The first-order valence-electron chi connectivity index (χ1n) is 12.5. The molecule has 6 rings (SSSR count). The van der Waals surface area contributed by atoms with E-state index in [2.05, 4.69) is 99.4 Å². The number of hydrogen-bond acceptors (Lipinski definition) is 1. The summed E-state index contributed by atoms with van der Waals surface area (Å²) >= 11 is 0. The molecule has 0 heterocycles. The highest BCUT2D eigenvalue weighted by atomic mass is 15.1. The SMILES string of the molecule is CN(c1ccc(C(C)(C)C)cc1)c1cccc2c1-c1ccccc1C1CC3CC(C1)C2C3. The number of nitrogens with zero attached hydrogens (tertiary/aromatic N) is 1. The minimum atomic E-state index is 0.177. The smallest absolute Gasteiger partial charge is 0.0490 e. The third-order valence-corrected chi connectivity index (χ3v) is 8.62. The average Bonchev–Trinajstić information content (AvgIpc) is 3.11. The average molecular weight is 422 g/mol. The first-order chi connectivity index (χ1) is 15.4. The van der Waals surface area contributed by atoms with Crippen molar-refractivity contribution in [2.75, 3.05) is 11.9 Å². The van der Waals surface area contributed by atoms with Crippen molar-refractivity contribution in [1.82, 2.24) is 0 Å². The monoisotopic (exact) mass is 421 g/mol. The Morgan fingerprint density at radius 2 is 1.50 bits per heavy atom. The number of rotatable bonds is 2. The zero-order valence-corrected chi connectivity index (χ0v) is 19.9. The maximum absolute atomic E-state index is 2.44. The minimum absolute atomic E-state index is 0.177. The highest BCUT2D eigenvalue weighted by molar-refractivity contribution is 5.87. The molecule has 2 fully saturated rings. The Kier molecular flexibility index (Phi) is 4.54. The molecule has 0 saturated heterocycles. The Labute approximate surface area is 193 Å². The van der Waals surface area contributed by atoms with Gasteiger partial charge >= 0.3 is 0 Å². The van der Waals surface area contributed by atoms with Crippen LogP contribution in [-0.2, 0) is 5.41 Å². The normalized spacial score (nSPS) is 25.6. The van der Waals surface area contributed by atoms with Crippen molar-refractivity contribution in [3.8, 4) is 11.1 Å². The molecule has 4 atom stereocenters. The molecule has 3 aliphatic carbocycles. The first kappa shape index (κ1) is 20.1. The summed E-state index contributed by atoms with van der Waals surface area (Å²) in [6.45, 7) is 6.85. The molecule has 1 heteroatoms. The molecule has 0 aromatic heterocycles. The second-order valence-electron chi connectivity index (χ2n) is 11.6. The summed E-state index contributed by atoms with van der Waals surface area (Å²) in [6.07, 6.45) is 5.59. The third kappa shape index (κ3) is 3.12. The lowest BCUT2D eigenvalue weighted by atomic mass is 9.71. The highest BCUT2D eigenvalue weighted by Crippen LogP contribution is 2.60. The van der Waals surface area contributed by atoms with E-state index in [0.29, 0.717) is 0 Å². The summed E-state index contributed by atoms with van der Waals surface area (Å²) in [4.78, 5) is 2.41. The van der Waals surface area contributed by atoms with Gasteiger partial charge < -0.3 is 4.90 Å². The number of anilines is 2. The van der Waals surface area contributed by atoms with Crippen molar-refractivity contribution < 1.29 is 0 Å². The van der Waals surface area contributed by atoms with Gasteiger partial charge in [-0.15, -0.1) is 0 Å². The van der Waals surface area contributed by atoms with Crippen LogP contribution in [0.3, 0.4) is 0 Å². The molecular formula is C31H35N. The summed E-state index contributed by atoms with van der Waals surface area (Å²) in [5, 5.41) is 0. The van der Waals surface area contributed by atoms with Crippen LogP contribution in [0.25, 0.3) is 11.1 Å². The maximum atomic E-state index is 2.44. The van der Waals surface area contributed by atoms with E-state index < -0.39 is 0 Å². The Balaban J connectivity index is 1.52. The molecule has 4 unspecified atom stereocenters. The molecule has 0 N–H and O–H groups in total. The minimum Gasteiger partial charge on any atom is -0.344 e. The van der Waals surface area contributed by atoms with Crippen molar-refractivity contribution in [2.45, 2.75) is 63.7 Å². The summed E-state index contributed by atoms with van der Waals surface area (Å²) in [7, 11) is 2.25. The van der Waals surface area contributed by atoms with Gasteiger partial charge in [-0.3, -0.25) is 0 Å². The summed E-state index contributed by atoms with van der Waals surface area (Å²) in [5.74, 6) is 3.23. The lowest BCUT2D eigenvalue weighted by Gasteiger charge is -2.35. The lowest BCUT2D eigenvalue weighted by molar-refractivity contribution is 0.311. The van der Waals surface area contributed by atoms with Crippen LogP contribution in [0, 0.1) is 11.8 Å². The third-order valence-electron chi connectivity index (χ3n) is 8.62. The lowest BCUT2D eigenvalue weighted by Crippen LogP contribution is -2.20. The quantitative estimate of drug-likeness (QED) is 0.401. The fourth-order valence-electron chi connectivity index (χ4n) is 7.04. The van der Waals surface area contributed by atoms with E-state index in [0.717, 1.165) is 23.7 Å². The van der Waals surface area contributed by atoms with E-state index in [4.69, 9.17) is 0 Å². The molecule has 1 nitrogen and oxygen atoms in total. The maximum Gasteiger partial charge on any atom is 0.0490 e. The molecule has 2 saturated carbocycles. The molecular weight excluding hydrogens is 386 g/mol. The molecule has 3 aromatic carbocycles. The van der Waals surface area contributed by atoms with Crippen LogP contribution in [0.4, 0.5) is 11.4 Å². The highest BCUT2D eigenvalue weighted by Gasteiger charge is 2.45. The van der Waals surface area contributed by atoms with Crippen molar-refractivity contribution in [1.29, 1.82) is 0 Å². The van der Waals surface area contributed by atoms with Gasteiger partial charge in [-0.1, -0.05) is 69.3 Å². The second kappa shape index (κ2) is 7.24. The van der Waals surface area contributed by atoms with Gasteiger partial charge in [0.05, 0.1) is 0 Å². The molecule has 3 aromatic rings. The first-order valence-corrected chi connectivity index (χ1v) is 12.5. The van der Waals surface area contributed by atoms with Crippen molar-refractivity contribution in [2.24, 2.45) is 11.8 Å². The van der Waals surface area contributed by atoms with Crippen molar-refractivity contribution in [3.05, 3.63) is 83.4 Å². The fourth-order valence-corrected chi connectivity index (χ4v) is 7.04. The van der Waals surface area contributed by atoms with Crippen LogP contribution in [0.1, 0.15) is 75.0 Å². The summed E-state index contributed by atoms with van der Waals surface area (Å²) < 4.78 is 0. The van der Waals surface area contributed by atoms with Crippen molar-refractivity contribution >= 4 is 11.4 Å². The molecule has 32 heavy (non-hydrogen) atoms. The second-order valence-corrected chi connectivity index (χ2v) is 11.6. The van der Waals surface area contributed by atoms with Crippen LogP contribution in [0.5, 0.6) is 0 Å². The molecule has 3 bridgehead atoms. The van der Waals surface area contributed by atoms with Gasteiger partial charge in [0.1, 0.15) is 0 Å². The largest absolute Gasteiger partial charge is 0.344 e. The van der Waals surface area contributed by atoms with Crippen LogP contribution in [-0.4, -0.2) is 7.05 Å². The fraction of sp³-hybridized carbons (Fsp3) is 0.419. The topological polar surface area (TPSA) is 3.24 Å². The summed E-state index contributed by atoms with van der Waals surface area (Å²) in [6, 6.07) is 25.6. The number of hydrogen-bond donors (Lipinski definition) is 0.